The fourth-order valence-corrected chi connectivity index (χ4v) is 4.74. The highest BCUT2D eigenvalue weighted by Gasteiger charge is 2.34. The first kappa shape index (κ1) is 33.2. The molecule has 0 saturated carbocycles. The minimum absolute atomic E-state index is 0.141. The number of nitrogens with zero attached hydrogens (tertiary/aromatic N) is 2. The van der Waals surface area contributed by atoms with Crippen molar-refractivity contribution < 1.29 is 29.0 Å². The highest BCUT2D eigenvalue weighted by molar-refractivity contribution is 6.30. The van der Waals surface area contributed by atoms with Gasteiger partial charge < -0.3 is 29.7 Å². The summed E-state index contributed by atoms with van der Waals surface area (Å²) in [5.41, 5.74) is 2.27. The number of para-hydroxylation sites is 1. The Morgan fingerprint density at radius 1 is 1.02 bits per heavy atom. The lowest BCUT2D eigenvalue weighted by Crippen LogP contribution is -2.48. The van der Waals surface area contributed by atoms with Gasteiger partial charge in [-0.2, -0.15) is 0 Å². The Morgan fingerprint density at radius 3 is 2.26 bits per heavy atom. The van der Waals surface area contributed by atoms with Crippen LogP contribution in [0, 0.1) is 0 Å². The highest BCUT2D eigenvalue weighted by atomic mass is 35.5. The summed E-state index contributed by atoms with van der Waals surface area (Å²) in [4.78, 5) is 41.0. The number of halogens is 1. The number of aldehydes is 1. The van der Waals surface area contributed by atoms with E-state index in [0.717, 1.165) is 17.6 Å². The lowest BCUT2D eigenvalue weighted by Gasteiger charge is -2.37. The summed E-state index contributed by atoms with van der Waals surface area (Å²) >= 11 is 6.20. The first-order valence-corrected chi connectivity index (χ1v) is 14.4. The summed E-state index contributed by atoms with van der Waals surface area (Å²) in [7, 11) is 1.72. The SMILES string of the molecule is CC1=C(C=O)C(c2cccc(Cl)c2)N(CCCN(C)C(=O)c2ccc(OCCOc3ccccc3)cc2)C(=O)N1.CCO. The summed E-state index contributed by atoms with van der Waals surface area (Å²) in [5, 5.41) is 10.9. The smallest absolute Gasteiger partial charge is 0.322 e. The molecule has 4 rings (SSSR count). The second kappa shape index (κ2) is 16.9. The third-order valence-corrected chi connectivity index (χ3v) is 6.83. The van der Waals surface area contributed by atoms with Gasteiger partial charge in [0.1, 0.15) is 31.0 Å². The van der Waals surface area contributed by atoms with Crippen molar-refractivity contribution in [1.82, 2.24) is 15.1 Å². The molecule has 1 heterocycles. The van der Waals surface area contributed by atoms with E-state index in [-0.39, 0.29) is 18.5 Å². The predicted molar refractivity (Wildman–Crippen MR) is 166 cm³/mol. The van der Waals surface area contributed by atoms with Gasteiger partial charge in [-0.1, -0.05) is 41.9 Å². The fourth-order valence-electron chi connectivity index (χ4n) is 4.54. The van der Waals surface area contributed by atoms with Crippen LogP contribution in [0.3, 0.4) is 0 Å². The second-order valence-electron chi connectivity index (χ2n) is 9.71. The van der Waals surface area contributed by atoms with Gasteiger partial charge >= 0.3 is 6.03 Å². The monoisotopic (exact) mass is 607 g/mol. The molecule has 2 N–H and O–H groups in total. The summed E-state index contributed by atoms with van der Waals surface area (Å²) in [5.74, 6) is 1.29. The molecule has 1 aliphatic heterocycles. The quantitative estimate of drug-likeness (QED) is 0.208. The van der Waals surface area contributed by atoms with Gasteiger partial charge in [-0.3, -0.25) is 9.59 Å². The molecule has 3 aromatic rings. The average Bonchev–Trinajstić information content (AvgIpc) is 3.01. The van der Waals surface area contributed by atoms with Gasteiger partial charge in [0.05, 0.1) is 6.04 Å². The zero-order valence-corrected chi connectivity index (χ0v) is 25.4. The Kier molecular flexibility index (Phi) is 13.1. The van der Waals surface area contributed by atoms with Crippen LogP contribution in [-0.4, -0.2) is 73.1 Å². The van der Waals surface area contributed by atoms with Crippen molar-refractivity contribution in [2.45, 2.75) is 26.3 Å². The maximum absolute atomic E-state index is 13.0. The number of aliphatic hydroxyl groups is 1. The number of urea groups is 1. The van der Waals surface area contributed by atoms with Gasteiger partial charge in [0.2, 0.25) is 0 Å². The topological polar surface area (TPSA) is 108 Å². The summed E-state index contributed by atoms with van der Waals surface area (Å²) in [6.07, 6.45) is 1.28. The molecule has 0 radical (unpaired) electrons. The predicted octanol–water partition coefficient (Wildman–Crippen LogP) is 5.50. The van der Waals surface area contributed by atoms with E-state index in [9.17, 15) is 14.4 Å². The maximum Gasteiger partial charge on any atom is 0.322 e. The zero-order chi connectivity index (χ0) is 31.2. The van der Waals surface area contributed by atoms with Gasteiger partial charge in [0.25, 0.3) is 5.91 Å². The van der Waals surface area contributed by atoms with Crippen molar-refractivity contribution in [2.75, 3.05) is 40.0 Å². The third-order valence-electron chi connectivity index (χ3n) is 6.59. The zero-order valence-electron chi connectivity index (χ0n) is 24.7. The third kappa shape index (κ3) is 9.59. The molecule has 3 aromatic carbocycles. The molecule has 0 aliphatic carbocycles. The van der Waals surface area contributed by atoms with Crippen LogP contribution in [0.1, 0.15) is 42.2 Å². The molecule has 9 nitrogen and oxygen atoms in total. The lowest BCUT2D eigenvalue weighted by molar-refractivity contribution is -0.105. The normalized spacial score (nSPS) is 14.3. The summed E-state index contributed by atoms with van der Waals surface area (Å²) in [6, 6.07) is 22.8. The van der Waals surface area contributed by atoms with E-state index < -0.39 is 6.04 Å². The molecule has 0 aromatic heterocycles. The Balaban J connectivity index is 0.00000162. The molecule has 1 atom stereocenters. The van der Waals surface area contributed by atoms with Crippen molar-refractivity contribution in [3.05, 3.63) is 106 Å². The van der Waals surface area contributed by atoms with E-state index in [1.165, 1.54) is 0 Å². The van der Waals surface area contributed by atoms with Crippen LogP contribution in [-0.2, 0) is 4.79 Å². The van der Waals surface area contributed by atoms with Crippen molar-refractivity contribution >= 4 is 29.8 Å². The highest BCUT2D eigenvalue weighted by Crippen LogP contribution is 2.33. The molecule has 3 amide bonds. The number of benzene rings is 3. The molecule has 10 heteroatoms. The number of hydrogen-bond donors (Lipinski definition) is 2. The van der Waals surface area contributed by atoms with Gasteiger partial charge in [0, 0.05) is 48.6 Å². The molecule has 228 valence electrons. The number of aliphatic hydroxyl groups excluding tert-OH is 1. The number of carbonyl (C=O) groups is 3. The number of allylic oxidation sites excluding steroid dienone is 1. The number of amides is 3. The standard InChI is InChI=1S/C31H32ClN3O5.C2H6O/c1-22-28(21-36)29(24-8-6-9-25(32)20-24)35(31(38)33-22)17-7-16-34(2)30(37)23-12-14-27(15-13-23)40-19-18-39-26-10-4-3-5-11-26;1-2-3/h3-6,8-15,20-21,29H,7,16-19H2,1-2H3,(H,33,38);3H,2H2,1H3. The molecule has 43 heavy (non-hydrogen) atoms. The average molecular weight is 608 g/mol. The maximum atomic E-state index is 13.0. The van der Waals surface area contributed by atoms with E-state index in [2.05, 4.69) is 5.32 Å². The number of hydrogen-bond acceptors (Lipinski definition) is 6. The number of ether oxygens (including phenoxy) is 2. The fraction of sp³-hybridized carbons (Fsp3) is 0.303. The first-order chi connectivity index (χ1) is 20.8. The van der Waals surface area contributed by atoms with Crippen LogP contribution in [0.2, 0.25) is 5.02 Å². The molecule has 0 fully saturated rings. The Hall–Kier alpha value is -4.34. The Bertz CT molecular complexity index is 1380. The Labute approximate surface area is 257 Å². The van der Waals surface area contributed by atoms with Gasteiger partial charge in [-0.15, -0.1) is 0 Å². The number of nitrogens with one attached hydrogen (secondary N) is 1. The van der Waals surface area contributed by atoms with Crippen LogP contribution in [0.25, 0.3) is 0 Å². The van der Waals surface area contributed by atoms with Gasteiger partial charge in [-0.25, -0.2) is 4.79 Å². The van der Waals surface area contributed by atoms with E-state index in [1.807, 2.05) is 36.4 Å². The number of rotatable bonds is 12. The van der Waals surface area contributed by atoms with Crippen LogP contribution in [0.15, 0.2) is 90.1 Å². The summed E-state index contributed by atoms with van der Waals surface area (Å²) in [6.45, 7) is 5.17. The van der Waals surface area contributed by atoms with E-state index in [1.54, 1.807) is 73.2 Å². The van der Waals surface area contributed by atoms with Gasteiger partial charge in [0.15, 0.2) is 0 Å². The molecule has 1 unspecified atom stereocenters. The van der Waals surface area contributed by atoms with Crippen LogP contribution in [0.4, 0.5) is 4.79 Å². The second-order valence-corrected chi connectivity index (χ2v) is 10.1. The van der Waals surface area contributed by atoms with Crippen molar-refractivity contribution in [2.24, 2.45) is 0 Å². The first-order valence-electron chi connectivity index (χ1n) is 14.0. The van der Waals surface area contributed by atoms with E-state index >= 15 is 0 Å². The van der Waals surface area contributed by atoms with Crippen LogP contribution in [0.5, 0.6) is 11.5 Å². The Morgan fingerprint density at radius 2 is 1.65 bits per heavy atom. The van der Waals surface area contributed by atoms with E-state index in [4.69, 9.17) is 26.2 Å². The molecule has 0 bridgehead atoms. The molecular formula is C33H38ClN3O6. The minimum atomic E-state index is -0.559. The van der Waals surface area contributed by atoms with E-state index in [0.29, 0.717) is 60.3 Å². The van der Waals surface area contributed by atoms with Crippen LogP contribution < -0.4 is 14.8 Å². The van der Waals surface area contributed by atoms with Crippen molar-refractivity contribution in [3.8, 4) is 11.5 Å². The lowest BCUT2D eigenvalue weighted by atomic mass is 9.94. The number of carbonyl (C=O) groups excluding carboxylic acids is 3. The molecular weight excluding hydrogens is 570 g/mol. The molecule has 1 aliphatic rings. The minimum Gasteiger partial charge on any atom is -0.490 e. The van der Waals surface area contributed by atoms with Crippen molar-refractivity contribution in [3.63, 3.8) is 0 Å². The molecule has 0 saturated heterocycles. The largest absolute Gasteiger partial charge is 0.490 e. The van der Waals surface area contributed by atoms with Gasteiger partial charge in [-0.05, 0) is 74.4 Å². The summed E-state index contributed by atoms with van der Waals surface area (Å²) < 4.78 is 11.3. The van der Waals surface area contributed by atoms with Crippen molar-refractivity contribution in [1.29, 1.82) is 0 Å². The van der Waals surface area contributed by atoms with Crippen LogP contribution >= 0.6 is 11.6 Å². The molecule has 0 spiro atoms.